The summed E-state index contributed by atoms with van der Waals surface area (Å²) in [5, 5.41) is 6.59. The summed E-state index contributed by atoms with van der Waals surface area (Å²) in [4.78, 5) is 20.4. The van der Waals surface area contributed by atoms with Gasteiger partial charge in [0.1, 0.15) is 0 Å². The summed E-state index contributed by atoms with van der Waals surface area (Å²) in [5.74, 6) is 0.565. The number of hydrogen-bond acceptors (Lipinski definition) is 6. The van der Waals surface area contributed by atoms with Gasteiger partial charge in [-0.1, -0.05) is 23.4 Å². The summed E-state index contributed by atoms with van der Waals surface area (Å²) in [7, 11) is 0. The van der Waals surface area contributed by atoms with Gasteiger partial charge >= 0.3 is 6.18 Å². The van der Waals surface area contributed by atoms with E-state index in [2.05, 4.69) is 31.8 Å². The molecule has 1 saturated heterocycles. The lowest BCUT2D eigenvalue weighted by Gasteiger charge is -2.34. The van der Waals surface area contributed by atoms with Crippen molar-refractivity contribution < 1.29 is 22.5 Å². The molecule has 0 aliphatic carbocycles. The second-order valence-electron chi connectivity index (χ2n) is 7.40. The van der Waals surface area contributed by atoms with Crippen molar-refractivity contribution >= 4 is 5.91 Å². The van der Waals surface area contributed by atoms with Crippen LogP contribution in [0, 0.1) is 0 Å². The molecule has 0 unspecified atom stereocenters. The predicted octanol–water partition coefficient (Wildman–Crippen LogP) is 2.61. The van der Waals surface area contributed by atoms with Crippen LogP contribution in [0.4, 0.5) is 13.2 Å². The number of alkyl halides is 3. The fraction of sp³-hybridized carbons (Fsp3) is 0.476. The summed E-state index contributed by atoms with van der Waals surface area (Å²) in [6.45, 7) is 8.67. The third-order valence-corrected chi connectivity index (χ3v) is 5.06. The van der Waals surface area contributed by atoms with Crippen molar-refractivity contribution in [2.75, 3.05) is 45.8 Å². The highest BCUT2D eigenvalue weighted by Gasteiger charge is 2.30. The van der Waals surface area contributed by atoms with Crippen molar-refractivity contribution in [2.45, 2.75) is 19.0 Å². The monoisotopic (exact) mass is 437 g/mol. The van der Waals surface area contributed by atoms with Crippen LogP contribution in [0.25, 0.3) is 11.4 Å². The number of amides is 1. The van der Waals surface area contributed by atoms with Gasteiger partial charge in [-0.25, -0.2) is 0 Å². The van der Waals surface area contributed by atoms with Crippen LogP contribution in [-0.4, -0.2) is 71.7 Å². The lowest BCUT2D eigenvalue weighted by Crippen LogP contribution is -2.49. The zero-order valence-corrected chi connectivity index (χ0v) is 17.2. The largest absolute Gasteiger partial charge is 0.416 e. The maximum atomic E-state index is 12.9. The van der Waals surface area contributed by atoms with Crippen LogP contribution in [0.2, 0.25) is 0 Å². The number of carbonyl (C=O) groups is 1. The van der Waals surface area contributed by atoms with E-state index in [1.807, 2.05) is 0 Å². The first-order valence-electron chi connectivity index (χ1n) is 10.2. The maximum Gasteiger partial charge on any atom is 0.416 e. The van der Waals surface area contributed by atoms with Crippen molar-refractivity contribution in [2.24, 2.45) is 0 Å². The SMILES string of the molecule is C=CCNC(=O)CN1CCN(CCCc2nc(-c3cccc(C(F)(F)F)c3)no2)CC1. The second kappa shape index (κ2) is 10.5. The number of piperazine rings is 1. The van der Waals surface area contributed by atoms with E-state index in [4.69, 9.17) is 4.52 Å². The summed E-state index contributed by atoms with van der Waals surface area (Å²) < 4.78 is 43.8. The number of benzene rings is 1. The molecule has 0 radical (unpaired) electrons. The number of nitrogens with zero attached hydrogens (tertiary/aromatic N) is 4. The minimum atomic E-state index is -4.41. The van der Waals surface area contributed by atoms with Crippen LogP contribution in [0.3, 0.4) is 0 Å². The molecule has 168 valence electrons. The van der Waals surface area contributed by atoms with Crippen molar-refractivity contribution in [3.05, 3.63) is 48.4 Å². The quantitative estimate of drug-likeness (QED) is 0.608. The van der Waals surface area contributed by atoms with Gasteiger partial charge in [0, 0.05) is 44.7 Å². The molecule has 1 amide bonds. The van der Waals surface area contributed by atoms with Crippen LogP contribution >= 0.6 is 0 Å². The van der Waals surface area contributed by atoms with Crippen molar-refractivity contribution in [3.8, 4) is 11.4 Å². The van der Waals surface area contributed by atoms with Gasteiger partial charge in [-0.3, -0.25) is 9.69 Å². The zero-order valence-electron chi connectivity index (χ0n) is 17.2. The van der Waals surface area contributed by atoms with E-state index in [0.717, 1.165) is 51.3 Å². The van der Waals surface area contributed by atoms with Gasteiger partial charge in [-0.05, 0) is 25.1 Å². The molecule has 1 aliphatic rings. The Hall–Kier alpha value is -2.72. The Kier molecular flexibility index (Phi) is 7.80. The first-order valence-corrected chi connectivity index (χ1v) is 10.2. The Morgan fingerprint density at radius 3 is 2.68 bits per heavy atom. The molecule has 31 heavy (non-hydrogen) atoms. The topological polar surface area (TPSA) is 74.5 Å². The van der Waals surface area contributed by atoms with Crippen LogP contribution in [0.15, 0.2) is 41.4 Å². The Bertz CT molecular complexity index is 876. The summed E-state index contributed by atoms with van der Waals surface area (Å²) in [6, 6.07) is 4.89. The van der Waals surface area contributed by atoms with Crippen LogP contribution in [-0.2, 0) is 17.4 Å². The normalized spacial score (nSPS) is 15.7. The Balaban J connectivity index is 1.41. The second-order valence-corrected chi connectivity index (χ2v) is 7.40. The minimum Gasteiger partial charge on any atom is -0.352 e. The average molecular weight is 437 g/mol. The molecule has 1 aliphatic heterocycles. The van der Waals surface area contributed by atoms with Crippen LogP contribution in [0.1, 0.15) is 17.9 Å². The number of carbonyl (C=O) groups excluding carboxylic acids is 1. The van der Waals surface area contributed by atoms with Gasteiger partial charge in [0.25, 0.3) is 0 Å². The summed E-state index contributed by atoms with van der Waals surface area (Å²) >= 11 is 0. The van der Waals surface area contributed by atoms with E-state index in [0.29, 0.717) is 25.4 Å². The number of halogens is 3. The molecule has 0 atom stereocenters. The molecule has 2 aromatic rings. The first-order chi connectivity index (χ1) is 14.8. The van der Waals surface area contributed by atoms with E-state index in [-0.39, 0.29) is 17.3 Å². The third kappa shape index (κ3) is 6.90. The molecular formula is C21H26F3N5O2. The number of nitrogens with one attached hydrogen (secondary N) is 1. The average Bonchev–Trinajstić information content (AvgIpc) is 3.22. The predicted molar refractivity (Wildman–Crippen MR) is 109 cm³/mol. The highest BCUT2D eigenvalue weighted by Crippen LogP contribution is 2.31. The smallest absolute Gasteiger partial charge is 0.352 e. The lowest BCUT2D eigenvalue weighted by molar-refractivity contribution is -0.137. The van der Waals surface area contributed by atoms with E-state index in [1.165, 1.54) is 12.1 Å². The number of aromatic nitrogens is 2. The molecule has 0 bridgehead atoms. The molecule has 0 spiro atoms. The molecule has 1 fully saturated rings. The van der Waals surface area contributed by atoms with E-state index < -0.39 is 11.7 Å². The molecule has 1 N–H and O–H groups in total. The molecule has 10 heteroatoms. The highest BCUT2D eigenvalue weighted by molar-refractivity contribution is 5.78. The Morgan fingerprint density at radius 2 is 1.97 bits per heavy atom. The number of aryl methyl sites for hydroxylation is 1. The number of hydrogen-bond donors (Lipinski definition) is 1. The Labute approximate surface area is 178 Å². The van der Waals surface area contributed by atoms with Crippen molar-refractivity contribution in [3.63, 3.8) is 0 Å². The standard InChI is InChI=1S/C21H26F3N5O2/c1-2-8-25-18(30)15-29-12-10-28(11-13-29)9-4-7-19-26-20(27-31-19)16-5-3-6-17(14-16)21(22,23)24/h2-3,5-6,14H,1,4,7-13,15H2,(H,25,30). The highest BCUT2D eigenvalue weighted by atomic mass is 19.4. The van der Waals surface area contributed by atoms with Gasteiger partial charge in [0.05, 0.1) is 12.1 Å². The molecule has 1 aromatic heterocycles. The number of rotatable bonds is 9. The van der Waals surface area contributed by atoms with Gasteiger partial charge < -0.3 is 14.7 Å². The van der Waals surface area contributed by atoms with Gasteiger partial charge in [0.2, 0.25) is 17.6 Å². The van der Waals surface area contributed by atoms with E-state index in [9.17, 15) is 18.0 Å². The molecular weight excluding hydrogens is 411 g/mol. The Morgan fingerprint density at radius 1 is 1.23 bits per heavy atom. The first kappa shape index (κ1) is 23.0. The molecule has 1 aromatic carbocycles. The van der Waals surface area contributed by atoms with Gasteiger partial charge in [-0.2, -0.15) is 18.2 Å². The molecule has 3 rings (SSSR count). The van der Waals surface area contributed by atoms with E-state index >= 15 is 0 Å². The molecule has 0 saturated carbocycles. The van der Waals surface area contributed by atoms with Crippen molar-refractivity contribution in [1.29, 1.82) is 0 Å². The minimum absolute atomic E-state index is 0.00122. The molecule has 7 nitrogen and oxygen atoms in total. The lowest BCUT2D eigenvalue weighted by atomic mass is 10.1. The van der Waals surface area contributed by atoms with Gasteiger partial charge in [0.15, 0.2) is 0 Å². The fourth-order valence-corrected chi connectivity index (χ4v) is 3.38. The maximum absolute atomic E-state index is 12.9. The van der Waals surface area contributed by atoms with Crippen LogP contribution < -0.4 is 5.32 Å². The van der Waals surface area contributed by atoms with Crippen molar-refractivity contribution in [1.82, 2.24) is 25.3 Å². The van der Waals surface area contributed by atoms with E-state index in [1.54, 1.807) is 6.08 Å². The summed E-state index contributed by atoms with van der Waals surface area (Å²) in [5.41, 5.74) is -0.466. The summed E-state index contributed by atoms with van der Waals surface area (Å²) in [6.07, 6.45) is -1.41. The van der Waals surface area contributed by atoms with Crippen LogP contribution in [0.5, 0.6) is 0 Å². The third-order valence-electron chi connectivity index (χ3n) is 5.06. The molecule has 2 heterocycles. The fourth-order valence-electron chi connectivity index (χ4n) is 3.38. The zero-order chi connectivity index (χ0) is 22.3. The van der Waals surface area contributed by atoms with Gasteiger partial charge in [-0.15, -0.1) is 6.58 Å².